The van der Waals surface area contributed by atoms with Gasteiger partial charge in [0.05, 0.1) is 12.5 Å². The quantitative estimate of drug-likeness (QED) is 0.698. The number of rotatable bonds is 5. The number of esters is 1. The summed E-state index contributed by atoms with van der Waals surface area (Å²) in [5, 5.41) is 0. The number of carbonyl (C=O) groups excluding carboxylic acids is 1. The van der Waals surface area contributed by atoms with Gasteiger partial charge >= 0.3 is 5.97 Å². The van der Waals surface area contributed by atoms with Crippen LogP contribution in [0.4, 0.5) is 0 Å². The fourth-order valence-corrected chi connectivity index (χ4v) is 2.23. The van der Waals surface area contributed by atoms with Crippen molar-refractivity contribution < 1.29 is 9.53 Å². The number of hydrogen-bond donors (Lipinski definition) is 0. The number of hydrogen-bond acceptors (Lipinski definition) is 2. The van der Waals surface area contributed by atoms with Crippen LogP contribution in [0.25, 0.3) is 0 Å². The van der Waals surface area contributed by atoms with Gasteiger partial charge in [0, 0.05) is 0 Å². The van der Waals surface area contributed by atoms with E-state index in [1.54, 1.807) is 6.08 Å². The highest BCUT2D eigenvalue weighted by molar-refractivity contribution is 6.55. The lowest BCUT2D eigenvalue weighted by atomic mass is 9.89. The van der Waals surface area contributed by atoms with Gasteiger partial charge < -0.3 is 4.74 Å². The molecule has 0 amide bonds. The minimum absolute atomic E-state index is 0.0431. The molecule has 4 heteroatoms. The van der Waals surface area contributed by atoms with E-state index in [0.717, 1.165) is 12.8 Å². The van der Waals surface area contributed by atoms with Crippen molar-refractivity contribution in [3.05, 3.63) is 10.6 Å². The van der Waals surface area contributed by atoms with Gasteiger partial charge in [-0.05, 0) is 31.6 Å². The Labute approximate surface area is 101 Å². The molecule has 0 saturated heterocycles. The first-order valence-corrected chi connectivity index (χ1v) is 6.01. The maximum Gasteiger partial charge on any atom is 0.309 e. The molecule has 2 nitrogen and oxygen atoms in total. The van der Waals surface area contributed by atoms with Gasteiger partial charge in [0.1, 0.15) is 4.49 Å². The van der Waals surface area contributed by atoms with Crippen molar-refractivity contribution in [1.29, 1.82) is 0 Å². The van der Waals surface area contributed by atoms with Crippen molar-refractivity contribution in [2.45, 2.75) is 26.7 Å². The molecule has 86 valence electrons. The lowest BCUT2D eigenvalue weighted by molar-refractivity contribution is -0.150. The first kappa shape index (κ1) is 12.9. The number of halogens is 2. The molecule has 0 N–H and O–H groups in total. The fourth-order valence-electron chi connectivity index (χ4n) is 1.83. The van der Waals surface area contributed by atoms with Crippen LogP contribution < -0.4 is 0 Å². The van der Waals surface area contributed by atoms with E-state index in [1.807, 2.05) is 13.8 Å². The Hall–Kier alpha value is -0.210. The first-order valence-electron chi connectivity index (χ1n) is 5.25. The third-order valence-corrected chi connectivity index (χ3v) is 2.90. The highest BCUT2D eigenvalue weighted by Crippen LogP contribution is 2.42. The van der Waals surface area contributed by atoms with Gasteiger partial charge in [-0.3, -0.25) is 4.79 Å². The van der Waals surface area contributed by atoms with Crippen molar-refractivity contribution in [2.75, 3.05) is 6.61 Å². The van der Waals surface area contributed by atoms with Crippen LogP contribution in [0.1, 0.15) is 26.7 Å². The fraction of sp³-hybridized carbons (Fsp3) is 0.727. The van der Waals surface area contributed by atoms with Crippen molar-refractivity contribution in [3.8, 4) is 0 Å². The standard InChI is InChI=1S/C11H16Cl2O2/c1-3-15-11(14)10(8-4-5-8)7(2)6-9(12)13/h6-8,10H,3-5H2,1-2H3. The van der Waals surface area contributed by atoms with Gasteiger partial charge in [-0.25, -0.2) is 0 Å². The van der Waals surface area contributed by atoms with Gasteiger partial charge in [0.15, 0.2) is 0 Å². The molecule has 1 aliphatic rings. The van der Waals surface area contributed by atoms with Gasteiger partial charge in [-0.1, -0.05) is 36.2 Å². The molecule has 2 unspecified atom stereocenters. The van der Waals surface area contributed by atoms with Crippen LogP contribution in [0.15, 0.2) is 10.6 Å². The topological polar surface area (TPSA) is 26.3 Å². The molecule has 1 saturated carbocycles. The van der Waals surface area contributed by atoms with Gasteiger partial charge in [0.25, 0.3) is 0 Å². The maximum absolute atomic E-state index is 11.7. The van der Waals surface area contributed by atoms with E-state index in [1.165, 1.54) is 0 Å². The van der Waals surface area contributed by atoms with Crippen molar-refractivity contribution in [3.63, 3.8) is 0 Å². The second-order valence-electron chi connectivity index (χ2n) is 3.93. The molecule has 1 rings (SSSR count). The molecular weight excluding hydrogens is 235 g/mol. The summed E-state index contributed by atoms with van der Waals surface area (Å²) in [6.07, 6.45) is 3.91. The van der Waals surface area contributed by atoms with Crippen molar-refractivity contribution in [1.82, 2.24) is 0 Å². The summed E-state index contributed by atoms with van der Waals surface area (Å²) in [6, 6.07) is 0. The first-order chi connectivity index (χ1) is 7.06. The van der Waals surface area contributed by atoms with Crippen molar-refractivity contribution in [2.24, 2.45) is 17.8 Å². The van der Waals surface area contributed by atoms with Crippen LogP contribution >= 0.6 is 23.2 Å². The highest BCUT2D eigenvalue weighted by Gasteiger charge is 2.39. The lowest BCUT2D eigenvalue weighted by Gasteiger charge is -2.19. The second-order valence-corrected chi connectivity index (χ2v) is 4.94. The normalized spacial score (nSPS) is 19.2. The molecule has 2 atom stereocenters. The summed E-state index contributed by atoms with van der Waals surface area (Å²) in [5.41, 5.74) is 0. The Morgan fingerprint density at radius 1 is 1.53 bits per heavy atom. The SMILES string of the molecule is CCOC(=O)C(C(C)C=C(Cl)Cl)C1CC1. The van der Waals surface area contributed by atoms with E-state index in [0.29, 0.717) is 12.5 Å². The Balaban J connectivity index is 2.64. The minimum atomic E-state index is -0.127. The lowest BCUT2D eigenvalue weighted by Crippen LogP contribution is -2.25. The van der Waals surface area contributed by atoms with Crippen LogP contribution in [0.2, 0.25) is 0 Å². The van der Waals surface area contributed by atoms with E-state index in [9.17, 15) is 4.79 Å². The van der Waals surface area contributed by atoms with Crippen molar-refractivity contribution >= 4 is 29.2 Å². The Morgan fingerprint density at radius 3 is 2.53 bits per heavy atom. The molecule has 15 heavy (non-hydrogen) atoms. The summed E-state index contributed by atoms with van der Waals surface area (Å²) in [4.78, 5) is 11.7. The Bertz CT molecular complexity index is 255. The average molecular weight is 251 g/mol. The summed E-state index contributed by atoms with van der Waals surface area (Å²) in [5.74, 6) is 0.278. The van der Waals surface area contributed by atoms with Crippen LogP contribution in [-0.2, 0) is 9.53 Å². The molecule has 0 aromatic carbocycles. The summed E-state index contributed by atoms with van der Waals surface area (Å²) >= 11 is 11.2. The smallest absolute Gasteiger partial charge is 0.309 e. The molecule has 0 heterocycles. The molecule has 0 aromatic heterocycles. The van der Waals surface area contributed by atoms with E-state index in [-0.39, 0.29) is 22.3 Å². The highest BCUT2D eigenvalue weighted by atomic mass is 35.5. The molecule has 0 bridgehead atoms. The van der Waals surface area contributed by atoms with Gasteiger partial charge in [-0.2, -0.15) is 0 Å². The summed E-state index contributed by atoms with van der Waals surface area (Å²) < 4.78 is 5.27. The van der Waals surface area contributed by atoms with Crippen LogP contribution in [0, 0.1) is 17.8 Å². The summed E-state index contributed by atoms with van der Waals surface area (Å²) in [7, 11) is 0. The van der Waals surface area contributed by atoms with E-state index in [4.69, 9.17) is 27.9 Å². The zero-order chi connectivity index (χ0) is 11.4. The van der Waals surface area contributed by atoms with Gasteiger partial charge in [-0.15, -0.1) is 0 Å². The monoisotopic (exact) mass is 250 g/mol. The van der Waals surface area contributed by atoms with E-state index < -0.39 is 0 Å². The molecule has 1 fully saturated rings. The number of ether oxygens (including phenoxy) is 1. The Morgan fingerprint density at radius 2 is 2.13 bits per heavy atom. The average Bonchev–Trinajstić information content (AvgIpc) is 2.87. The van der Waals surface area contributed by atoms with E-state index in [2.05, 4.69) is 0 Å². The third-order valence-electron chi connectivity index (χ3n) is 2.64. The maximum atomic E-state index is 11.7. The molecule has 1 aliphatic carbocycles. The zero-order valence-electron chi connectivity index (χ0n) is 9.00. The largest absolute Gasteiger partial charge is 0.466 e. The zero-order valence-corrected chi connectivity index (χ0v) is 10.5. The molecule has 0 radical (unpaired) electrons. The van der Waals surface area contributed by atoms with E-state index >= 15 is 0 Å². The van der Waals surface area contributed by atoms with Crippen LogP contribution in [0.3, 0.4) is 0 Å². The predicted molar refractivity (Wildman–Crippen MR) is 61.8 cm³/mol. The Kier molecular flexibility index (Phi) is 4.94. The number of allylic oxidation sites excluding steroid dienone is 1. The molecular formula is C11H16Cl2O2. The number of carbonyl (C=O) groups is 1. The third kappa shape index (κ3) is 4.04. The molecule has 0 spiro atoms. The summed E-state index contributed by atoms with van der Waals surface area (Å²) in [6.45, 7) is 4.19. The van der Waals surface area contributed by atoms with Gasteiger partial charge in [0.2, 0.25) is 0 Å². The molecule has 0 aromatic rings. The minimum Gasteiger partial charge on any atom is -0.466 e. The predicted octanol–water partition coefficient (Wildman–Crippen LogP) is 3.53. The second kappa shape index (κ2) is 5.76. The van der Waals surface area contributed by atoms with Crippen LogP contribution in [-0.4, -0.2) is 12.6 Å². The van der Waals surface area contributed by atoms with Crippen LogP contribution in [0.5, 0.6) is 0 Å². The molecule has 0 aliphatic heterocycles.